The van der Waals surface area contributed by atoms with Gasteiger partial charge in [0.15, 0.2) is 11.5 Å². The lowest BCUT2D eigenvalue weighted by molar-refractivity contribution is 0.738. The highest BCUT2D eigenvalue weighted by Gasteiger charge is 2.19. The predicted octanol–water partition coefficient (Wildman–Crippen LogP) is 5.61. The number of imidazole rings is 1. The van der Waals surface area contributed by atoms with E-state index in [-0.39, 0.29) is 0 Å². The summed E-state index contributed by atoms with van der Waals surface area (Å²) < 4.78 is 2.08. The van der Waals surface area contributed by atoms with E-state index < -0.39 is 0 Å². The van der Waals surface area contributed by atoms with Crippen molar-refractivity contribution in [2.45, 2.75) is 26.7 Å². The SMILES string of the molecule is CCc1ccc(-n2c(-c3cccnc3N)nc3ccc(C4=CC[C@@H](C)C=C4)nc32)cc1. The molecule has 0 bridgehead atoms. The molecule has 3 heterocycles. The molecule has 5 nitrogen and oxygen atoms in total. The summed E-state index contributed by atoms with van der Waals surface area (Å²) >= 11 is 0. The van der Waals surface area contributed by atoms with Crippen LogP contribution in [0.5, 0.6) is 0 Å². The molecule has 1 atom stereocenters. The third kappa shape index (κ3) is 3.52. The van der Waals surface area contributed by atoms with Gasteiger partial charge in [-0.3, -0.25) is 4.57 Å². The zero-order chi connectivity index (χ0) is 21.4. The van der Waals surface area contributed by atoms with Crippen LogP contribution in [0.2, 0.25) is 0 Å². The standard InChI is InChI=1S/C26H25N5/c1-3-18-8-12-20(13-9-18)31-25(21-5-4-16-28-24(21)27)30-23-15-14-22(29-26(23)31)19-10-6-17(2)7-11-19/h4-6,8-17H,3,7H2,1-2H3,(H2,27,28)/t17-/m0/s1. The van der Waals surface area contributed by atoms with Crippen molar-refractivity contribution < 1.29 is 0 Å². The Bertz CT molecular complexity index is 1310. The number of nitrogens with two attached hydrogens (primary N) is 1. The fourth-order valence-corrected chi connectivity index (χ4v) is 3.95. The largest absolute Gasteiger partial charge is 0.383 e. The minimum Gasteiger partial charge on any atom is -0.383 e. The number of anilines is 1. The van der Waals surface area contributed by atoms with Gasteiger partial charge in [0.25, 0.3) is 0 Å². The van der Waals surface area contributed by atoms with Crippen molar-refractivity contribution in [2.24, 2.45) is 5.92 Å². The quantitative estimate of drug-likeness (QED) is 0.478. The predicted molar refractivity (Wildman–Crippen MR) is 127 cm³/mol. The molecule has 31 heavy (non-hydrogen) atoms. The number of allylic oxidation sites excluding steroid dienone is 4. The molecule has 1 aromatic carbocycles. The summed E-state index contributed by atoms with van der Waals surface area (Å²) in [5, 5.41) is 0. The van der Waals surface area contributed by atoms with Crippen LogP contribution < -0.4 is 5.73 Å². The smallest absolute Gasteiger partial charge is 0.165 e. The van der Waals surface area contributed by atoms with Crippen molar-refractivity contribution >= 4 is 22.6 Å². The second-order valence-electron chi connectivity index (χ2n) is 8.00. The molecular formula is C26H25N5. The summed E-state index contributed by atoms with van der Waals surface area (Å²) in [6.07, 6.45) is 10.4. The van der Waals surface area contributed by atoms with Crippen molar-refractivity contribution in [1.29, 1.82) is 0 Å². The molecule has 154 valence electrons. The van der Waals surface area contributed by atoms with Gasteiger partial charge in [-0.1, -0.05) is 44.2 Å². The molecule has 0 fully saturated rings. The zero-order valence-electron chi connectivity index (χ0n) is 17.8. The van der Waals surface area contributed by atoms with Gasteiger partial charge in [0.2, 0.25) is 0 Å². The van der Waals surface area contributed by atoms with E-state index in [4.69, 9.17) is 15.7 Å². The molecule has 0 saturated heterocycles. The van der Waals surface area contributed by atoms with Crippen molar-refractivity contribution in [3.8, 4) is 17.1 Å². The van der Waals surface area contributed by atoms with Crippen molar-refractivity contribution in [3.05, 3.63) is 84.2 Å². The van der Waals surface area contributed by atoms with E-state index in [1.807, 2.05) is 24.3 Å². The normalized spacial score (nSPS) is 15.9. The lowest BCUT2D eigenvalue weighted by atomic mass is 9.97. The molecule has 0 saturated carbocycles. The van der Waals surface area contributed by atoms with Gasteiger partial charge in [-0.05, 0) is 66.3 Å². The first-order valence-corrected chi connectivity index (χ1v) is 10.7. The third-order valence-electron chi connectivity index (χ3n) is 5.80. The second-order valence-corrected chi connectivity index (χ2v) is 8.00. The highest BCUT2D eigenvalue weighted by atomic mass is 15.1. The number of fused-ring (bicyclic) bond motifs is 1. The zero-order valence-corrected chi connectivity index (χ0v) is 17.8. The van der Waals surface area contributed by atoms with Crippen molar-refractivity contribution in [1.82, 2.24) is 19.5 Å². The number of nitrogen functional groups attached to an aromatic ring is 1. The Morgan fingerprint density at radius 1 is 1.06 bits per heavy atom. The molecule has 5 heteroatoms. The Hall–Kier alpha value is -3.73. The molecule has 0 radical (unpaired) electrons. The maximum absolute atomic E-state index is 6.22. The summed E-state index contributed by atoms with van der Waals surface area (Å²) in [5.74, 6) is 1.77. The van der Waals surface area contributed by atoms with E-state index in [1.54, 1.807) is 6.20 Å². The number of aromatic nitrogens is 4. The van der Waals surface area contributed by atoms with Crippen LogP contribution in [0.3, 0.4) is 0 Å². The summed E-state index contributed by atoms with van der Waals surface area (Å²) in [4.78, 5) is 14.2. The molecule has 4 aromatic rings. The van der Waals surface area contributed by atoms with Crippen LogP contribution >= 0.6 is 0 Å². The number of hydrogen-bond acceptors (Lipinski definition) is 4. The first-order chi connectivity index (χ1) is 15.1. The monoisotopic (exact) mass is 407 g/mol. The van der Waals surface area contributed by atoms with Crippen LogP contribution in [-0.4, -0.2) is 19.5 Å². The number of nitrogens with zero attached hydrogens (tertiary/aromatic N) is 4. The van der Waals surface area contributed by atoms with E-state index in [2.05, 4.69) is 65.9 Å². The highest BCUT2D eigenvalue weighted by molar-refractivity contribution is 5.85. The number of pyridine rings is 2. The Balaban J connectivity index is 1.74. The van der Waals surface area contributed by atoms with E-state index in [1.165, 1.54) is 5.56 Å². The molecular weight excluding hydrogens is 382 g/mol. The Labute approximate surface area is 182 Å². The van der Waals surface area contributed by atoms with Gasteiger partial charge in [-0.15, -0.1) is 0 Å². The molecule has 1 aliphatic rings. The van der Waals surface area contributed by atoms with E-state index in [0.29, 0.717) is 11.7 Å². The van der Waals surface area contributed by atoms with Gasteiger partial charge in [0.05, 0.1) is 11.3 Å². The van der Waals surface area contributed by atoms with Crippen LogP contribution in [0.25, 0.3) is 33.8 Å². The number of hydrogen-bond donors (Lipinski definition) is 1. The van der Waals surface area contributed by atoms with Crippen LogP contribution in [0.1, 0.15) is 31.5 Å². The fourth-order valence-electron chi connectivity index (χ4n) is 3.95. The molecule has 0 amide bonds. The lowest BCUT2D eigenvalue weighted by Gasteiger charge is -2.13. The van der Waals surface area contributed by atoms with E-state index >= 15 is 0 Å². The molecule has 5 rings (SSSR count). The van der Waals surface area contributed by atoms with Gasteiger partial charge in [-0.2, -0.15) is 0 Å². The molecule has 0 spiro atoms. The van der Waals surface area contributed by atoms with Crippen LogP contribution in [0, 0.1) is 5.92 Å². The van der Waals surface area contributed by atoms with Crippen LogP contribution in [0.15, 0.2) is 73.0 Å². The van der Waals surface area contributed by atoms with Gasteiger partial charge in [-0.25, -0.2) is 15.0 Å². The van der Waals surface area contributed by atoms with Gasteiger partial charge >= 0.3 is 0 Å². The number of benzene rings is 1. The van der Waals surface area contributed by atoms with Gasteiger partial charge in [0.1, 0.15) is 11.3 Å². The minimum atomic E-state index is 0.455. The summed E-state index contributed by atoms with van der Waals surface area (Å²) in [6, 6.07) is 16.4. The van der Waals surface area contributed by atoms with Crippen LogP contribution in [0.4, 0.5) is 5.82 Å². The Morgan fingerprint density at radius 3 is 2.61 bits per heavy atom. The number of aryl methyl sites for hydroxylation is 1. The molecule has 2 N–H and O–H groups in total. The highest BCUT2D eigenvalue weighted by Crippen LogP contribution is 2.32. The van der Waals surface area contributed by atoms with Gasteiger partial charge < -0.3 is 5.73 Å². The van der Waals surface area contributed by atoms with Crippen LogP contribution in [-0.2, 0) is 6.42 Å². The first-order valence-electron chi connectivity index (χ1n) is 10.7. The average molecular weight is 408 g/mol. The Morgan fingerprint density at radius 2 is 1.90 bits per heavy atom. The third-order valence-corrected chi connectivity index (χ3v) is 5.80. The Kier molecular flexibility index (Phi) is 4.86. The van der Waals surface area contributed by atoms with E-state index in [9.17, 15) is 0 Å². The maximum Gasteiger partial charge on any atom is 0.165 e. The number of rotatable bonds is 4. The summed E-state index contributed by atoms with van der Waals surface area (Å²) in [7, 11) is 0. The van der Waals surface area contributed by atoms with Crippen molar-refractivity contribution in [3.63, 3.8) is 0 Å². The van der Waals surface area contributed by atoms with Gasteiger partial charge in [0, 0.05) is 11.9 Å². The fraction of sp³-hybridized carbons (Fsp3) is 0.192. The van der Waals surface area contributed by atoms with E-state index in [0.717, 1.165) is 52.3 Å². The minimum absolute atomic E-state index is 0.455. The molecule has 0 aliphatic heterocycles. The molecule has 1 aliphatic carbocycles. The first kappa shape index (κ1) is 19.2. The maximum atomic E-state index is 6.22. The summed E-state index contributed by atoms with van der Waals surface area (Å²) in [6.45, 7) is 4.38. The topological polar surface area (TPSA) is 69.6 Å². The lowest BCUT2D eigenvalue weighted by Crippen LogP contribution is -2.03. The summed E-state index contributed by atoms with van der Waals surface area (Å²) in [5.41, 5.74) is 13.1. The van der Waals surface area contributed by atoms with Crippen molar-refractivity contribution in [2.75, 3.05) is 5.73 Å². The second kappa shape index (κ2) is 7.84. The molecule has 0 unspecified atom stereocenters. The molecule has 3 aromatic heterocycles. The average Bonchev–Trinajstić information content (AvgIpc) is 3.18.